The quantitative estimate of drug-likeness (QED) is 0.674. The Kier molecular flexibility index (Phi) is 1.48. The summed E-state index contributed by atoms with van der Waals surface area (Å²) in [7, 11) is 0. The van der Waals surface area contributed by atoms with Gasteiger partial charge < -0.3 is 5.73 Å². The van der Waals surface area contributed by atoms with Crippen LogP contribution in [0.15, 0.2) is 24.3 Å². The molecular weight excluding hydrogens is 153 g/mol. The van der Waals surface area contributed by atoms with Gasteiger partial charge in [0.2, 0.25) is 0 Å². The summed E-state index contributed by atoms with van der Waals surface area (Å²) in [6, 6.07) is 7.01. The molecule has 64 valence electrons. The molecular formula is C10H12FN. The Balaban J connectivity index is 2.41. The molecule has 0 amide bonds. The van der Waals surface area contributed by atoms with E-state index in [0.29, 0.717) is 0 Å². The summed E-state index contributed by atoms with van der Waals surface area (Å²) < 4.78 is 13.2. The van der Waals surface area contributed by atoms with Crippen molar-refractivity contribution in [2.75, 3.05) is 0 Å². The maximum absolute atomic E-state index is 13.2. The normalized spacial score (nSPS) is 33.4. The van der Waals surface area contributed by atoms with E-state index in [1.807, 2.05) is 19.1 Å². The van der Waals surface area contributed by atoms with E-state index in [1.165, 1.54) is 6.07 Å². The summed E-state index contributed by atoms with van der Waals surface area (Å²) in [6.45, 7) is 2.01. The first-order valence-corrected chi connectivity index (χ1v) is 4.15. The fourth-order valence-electron chi connectivity index (χ4n) is 1.63. The minimum atomic E-state index is -0.132. The molecule has 1 aromatic carbocycles. The molecule has 2 N–H and O–H groups in total. The third-order valence-corrected chi connectivity index (χ3v) is 2.79. The predicted octanol–water partition coefficient (Wildman–Crippen LogP) is 1.81. The second-order valence-corrected chi connectivity index (χ2v) is 3.71. The van der Waals surface area contributed by atoms with Gasteiger partial charge in [-0.15, -0.1) is 0 Å². The lowest BCUT2D eigenvalue weighted by atomic mass is 9.97. The molecule has 2 atom stereocenters. The first-order chi connectivity index (χ1) is 5.64. The van der Waals surface area contributed by atoms with Crippen molar-refractivity contribution in [2.24, 2.45) is 5.73 Å². The van der Waals surface area contributed by atoms with Gasteiger partial charge in [-0.05, 0) is 18.1 Å². The maximum Gasteiger partial charge on any atom is 0.127 e. The molecule has 0 heterocycles. The third-order valence-electron chi connectivity index (χ3n) is 2.79. The van der Waals surface area contributed by atoms with E-state index in [2.05, 4.69) is 0 Å². The van der Waals surface area contributed by atoms with Crippen molar-refractivity contribution in [3.8, 4) is 0 Å². The number of hydrogen-bond donors (Lipinski definition) is 1. The zero-order valence-electron chi connectivity index (χ0n) is 7.05. The summed E-state index contributed by atoms with van der Waals surface area (Å²) in [6.07, 6.45) is 0.897. The zero-order valence-corrected chi connectivity index (χ0v) is 7.05. The molecule has 1 aliphatic rings. The molecule has 0 unspecified atom stereocenters. The summed E-state index contributed by atoms with van der Waals surface area (Å²) in [5.74, 6) is -0.132. The van der Waals surface area contributed by atoms with Crippen molar-refractivity contribution in [3.63, 3.8) is 0 Å². The second-order valence-electron chi connectivity index (χ2n) is 3.71. The number of hydrogen-bond acceptors (Lipinski definition) is 1. The molecule has 1 nitrogen and oxygen atoms in total. The van der Waals surface area contributed by atoms with E-state index in [9.17, 15) is 4.39 Å². The first kappa shape index (κ1) is 7.74. The molecule has 0 saturated heterocycles. The van der Waals surface area contributed by atoms with Crippen LogP contribution in [0, 0.1) is 5.82 Å². The van der Waals surface area contributed by atoms with Crippen LogP contribution in [-0.2, 0) is 5.41 Å². The van der Waals surface area contributed by atoms with Crippen LogP contribution in [0.25, 0.3) is 0 Å². The number of halogens is 1. The topological polar surface area (TPSA) is 26.0 Å². The molecule has 12 heavy (non-hydrogen) atoms. The molecule has 1 fully saturated rings. The van der Waals surface area contributed by atoms with Gasteiger partial charge in [-0.3, -0.25) is 0 Å². The highest BCUT2D eigenvalue weighted by molar-refractivity contribution is 5.35. The Morgan fingerprint density at radius 2 is 2.08 bits per heavy atom. The van der Waals surface area contributed by atoms with Crippen molar-refractivity contribution in [2.45, 2.75) is 24.8 Å². The lowest BCUT2D eigenvalue weighted by Gasteiger charge is -2.10. The van der Waals surface area contributed by atoms with Crippen LogP contribution in [0.5, 0.6) is 0 Å². The highest BCUT2D eigenvalue weighted by Crippen LogP contribution is 2.47. The van der Waals surface area contributed by atoms with Crippen molar-refractivity contribution in [1.82, 2.24) is 0 Å². The minimum Gasteiger partial charge on any atom is -0.327 e. The molecule has 0 aromatic heterocycles. The summed E-state index contributed by atoms with van der Waals surface area (Å²) in [4.78, 5) is 0. The average molecular weight is 165 g/mol. The second kappa shape index (κ2) is 2.30. The molecule has 0 spiro atoms. The van der Waals surface area contributed by atoms with Gasteiger partial charge in [-0.1, -0.05) is 25.1 Å². The summed E-state index contributed by atoms with van der Waals surface area (Å²) in [5, 5.41) is 0. The van der Waals surface area contributed by atoms with Crippen molar-refractivity contribution >= 4 is 0 Å². The molecule has 2 rings (SSSR count). The third kappa shape index (κ3) is 0.950. The van der Waals surface area contributed by atoms with E-state index in [0.717, 1.165) is 12.0 Å². The molecule has 0 aliphatic heterocycles. The summed E-state index contributed by atoms with van der Waals surface area (Å²) >= 11 is 0. The van der Waals surface area contributed by atoms with Gasteiger partial charge in [0.1, 0.15) is 5.82 Å². The van der Waals surface area contributed by atoms with E-state index >= 15 is 0 Å². The number of benzene rings is 1. The van der Waals surface area contributed by atoms with E-state index in [1.54, 1.807) is 6.07 Å². The highest BCUT2D eigenvalue weighted by Gasteiger charge is 2.50. The maximum atomic E-state index is 13.2. The van der Waals surface area contributed by atoms with Gasteiger partial charge >= 0.3 is 0 Å². The molecule has 1 saturated carbocycles. The average Bonchev–Trinajstić information content (AvgIpc) is 2.61. The molecule has 2 heteroatoms. The molecule has 0 bridgehead atoms. The van der Waals surface area contributed by atoms with Gasteiger partial charge in [-0.2, -0.15) is 0 Å². The van der Waals surface area contributed by atoms with E-state index in [4.69, 9.17) is 5.73 Å². The smallest absolute Gasteiger partial charge is 0.127 e. The first-order valence-electron chi connectivity index (χ1n) is 4.15. The van der Waals surface area contributed by atoms with Crippen LogP contribution in [-0.4, -0.2) is 6.04 Å². The van der Waals surface area contributed by atoms with Crippen LogP contribution in [0.3, 0.4) is 0 Å². The van der Waals surface area contributed by atoms with Crippen LogP contribution in [0.2, 0.25) is 0 Å². The Morgan fingerprint density at radius 1 is 1.50 bits per heavy atom. The van der Waals surface area contributed by atoms with E-state index in [-0.39, 0.29) is 17.3 Å². The SMILES string of the molecule is C[C@]1(c2ccccc2F)C[C@H]1N. The molecule has 0 radical (unpaired) electrons. The van der Waals surface area contributed by atoms with Gasteiger partial charge in [0, 0.05) is 11.5 Å². The van der Waals surface area contributed by atoms with Gasteiger partial charge in [0.25, 0.3) is 0 Å². The minimum absolute atomic E-state index is 0.106. The Bertz CT molecular complexity index is 310. The van der Waals surface area contributed by atoms with Crippen LogP contribution in [0.4, 0.5) is 4.39 Å². The predicted molar refractivity (Wildman–Crippen MR) is 46.3 cm³/mol. The number of nitrogens with two attached hydrogens (primary N) is 1. The Hall–Kier alpha value is -0.890. The fourth-order valence-corrected chi connectivity index (χ4v) is 1.63. The van der Waals surface area contributed by atoms with Crippen molar-refractivity contribution in [1.29, 1.82) is 0 Å². The Morgan fingerprint density at radius 3 is 2.58 bits per heavy atom. The lowest BCUT2D eigenvalue weighted by molar-refractivity contribution is 0.580. The highest BCUT2D eigenvalue weighted by atomic mass is 19.1. The standard InChI is InChI=1S/C10H12FN/c1-10(6-9(10)12)7-4-2-3-5-8(7)11/h2-5,9H,6,12H2,1H3/t9-,10-/m1/s1. The van der Waals surface area contributed by atoms with Gasteiger partial charge in [0.15, 0.2) is 0 Å². The lowest BCUT2D eigenvalue weighted by Crippen LogP contribution is -2.15. The van der Waals surface area contributed by atoms with Crippen LogP contribution in [0.1, 0.15) is 18.9 Å². The van der Waals surface area contributed by atoms with Crippen molar-refractivity contribution < 1.29 is 4.39 Å². The van der Waals surface area contributed by atoms with Gasteiger partial charge in [0.05, 0.1) is 0 Å². The van der Waals surface area contributed by atoms with Crippen LogP contribution >= 0.6 is 0 Å². The summed E-state index contributed by atoms with van der Waals surface area (Å²) in [5.41, 5.74) is 6.39. The van der Waals surface area contributed by atoms with Gasteiger partial charge in [-0.25, -0.2) is 4.39 Å². The number of rotatable bonds is 1. The van der Waals surface area contributed by atoms with E-state index < -0.39 is 0 Å². The zero-order chi connectivity index (χ0) is 8.77. The molecule has 1 aliphatic carbocycles. The molecule has 1 aromatic rings. The monoisotopic (exact) mass is 165 g/mol. The van der Waals surface area contributed by atoms with Crippen molar-refractivity contribution in [3.05, 3.63) is 35.6 Å². The fraction of sp³-hybridized carbons (Fsp3) is 0.400. The largest absolute Gasteiger partial charge is 0.327 e. The van der Waals surface area contributed by atoms with Crippen LogP contribution < -0.4 is 5.73 Å². The Labute approximate surface area is 71.4 Å².